The molecule has 0 radical (unpaired) electrons. The first kappa shape index (κ1) is 25.0. The molecule has 0 aliphatic carbocycles. The van der Waals surface area contributed by atoms with E-state index in [2.05, 4.69) is 72.4 Å². The van der Waals surface area contributed by atoms with Gasteiger partial charge in [-0.05, 0) is 71.4 Å². The number of hydrogen-bond donors (Lipinski definition) is 0. The molecule has 0 bridgehead atoms. The van der Waals surface area contributed by atoms with Crippen molar-refractivity contribution in [3.63, 3.8) is 0 Å². The monoisotopic (exact) mass is 421 g/mol. The topological polar surface area (TPSA) is 48.0 Å². The average molecular weight is 422 g/mol. The van der Waals surface area contributed by atoms with Crippen LogP contribution < -0.4 is 0 Å². The Balaban J connectivity index is 6.34. The van der Waals surface area contributed by atoms with E-state index in [0.29, 0.717) is 0 Å². The van der Waals surface area contributed by atoms with Gasteiger partial charge in [-0.2, -0.15) is 0 Å². The molecule has 0 saturated carbocycles. The van der Waals surface area contributed by atoms with Gasteiger partial charge in [-0.1, -0.05) is 13.5 Å². The smallest absolute Gasteiger partial charge is 0.416 e. The molecule has 0 aliphatic heterocycles. The van der Waals surface area contributed by atoms with Crippen LogP contribution in [-0.4, -0.2) is 57.3 Å². The van der Waals surface area contributed by atoms with E-state index < -0.39 is 33.8 Å². The highest BCUT2D eigenvalue weighted by Crippen LogP contribution is 2.31. The first-order chi connectivity index (χ1) is 11.0. The fourth-order valence-electron chi connectivity index (χ4n) is 2.61. The van der Waals surface area contributed by atoms with Crippen molar-refractivity contribution in [1.29, 1.82) is 0 Å². The van der Waals surface area contributed by atoms with Crippen LogP contribution in [0.15, 0.2) is 12.7 Å². The van der Waals surface area contributed by atoms with Crippen molar-refractivity contribution >= 4 is 39.7 Å². The van der Waals surface area contributed by atoms with Crippen LogP contribution in [0.2, 0.25) is 58.9 Å². The Morgan fingerprint density at radius 1 is 0.920 bits per heavy atom. The second-order valence-electron chi connectivity index (χ2n) is 9.32. The summed E-state index contributed by atoms with van der Waals surface area (Å²) in [6.45, 7) is 25.1. The van der Waals surface area contributed by atoms with Gasteiger partial charge in [0, 0.05) is 7.05 Å². The molecule has 148 valence electrons. The maximum absolute atomic E-state index is 12.4. The van der Waals surface area contributed by atoms with Crippen LogP contribution >= 0.6 is 0 Å². The fraction of sp³-hybridized carbons (Fsp3) is 0.812. The third-order valence-corrected chi connectivity index (χ3v) is 15.5. The number of carbonyl (C=O) groups is 1. The molecule has 25 heavy (non-hydrogen) atoms. The molecule has 0 saturated heterocycles. The van der Waals surface area contributed by atoms with E-state index in [1.807, 2.05) is 0 Å². The van der Waals surface area contributed by atoms with E-state index in [1.165, 1.54) is 6.08 Å². The molecule has 9 heteroatoms. The van der Waals surface area contributed by atoms with Crippen molar-refractivity contribution in [3.05, 3.63) is 12.7 Å². The zero-order chi connectivity index (χ0) is 20.3. The summed E-state index contributed by atoms with van der Waals surface area (Å²) in [6.07, 6.45) is 2.07. The maximum Gasteiger partial charge on any atom is 0.493 e. The lowest BCUT2D eigenvalue weighted by atomic mass is 10.4. The van der Waals surface area contributed by atoms with E-state index in [0.717, 1.165) is 6.42 Å². The van der Waals surface area contributed by atoms with Gasteiger partial charge in [0.1, 0.15) is 0 Å². The van der Waals surface area contributed by atoms with Gasteiger partial charge in [0.2, 0.25) is 5.91 Å². The second-order valence-corrected chi connectivity index (χ2v) is 26.3. The van der Waals surface area contributed by atoms with Crippen LogP contribution in [0.5, 0.6) is 0 Å². The van der Waals surface area contributed by atoms with Gasteiger partial charge in [0.25, 0.3) is 0 Å². The van der Waals surface area contributed by atoms with Crippen molar-refractivity contribution in [2.75, 3.05) is 7.05 Å². The summed E-state index contributed by atoms with van der Waals surface area (Å²) in [5.41, 5.74) is -0.205. The van der Waals surface area contributed by atoms with Crippen LogP contribution in [0.4, 0.5) is 0 Å². The number of likely N-dealkylation sites (N-methyl/N-ethyl adjacent to an activating group) is 1. The molecule has 0 aromatic rings. The molecule has 0 fully saturated rings. The van der Waals surface area contributed by atoms with E-state index in [-0.39, 0.29) is 11.6 Å². The van der Waals surface area contributed by atoms with Gasteiger partial charge in [0.05, 0.1) is 5.67 Å². The van der Waals surface area contributed by atoms with Crippen LogP contribution in [0.1, 0.15) is 13.3 Å². The molecule has 0 spiro atoms. The molecular weight excluding hydrogens is 383 g/mol. The minimum Gasteiger partial charge on any atom is -0.416 e. The zero-order valence-electron chi connectivity index (χ0n) is 18.1. The minimum atomic E-state index is -3.13. The second kappa shape index (κ2) is 8.76. The molecule has 0 aromatic heterocycles. The molecule has 0 aromatic carbocycles. The highest BCUT2D eigenvalue weighted by Gasteiger charge is 2.57. The number of hydrogen-bond acceptors (Lipinski definition) is 4. The number of rotatable bonds is 10. The maximum atomic E-state index is 12.4. The van der Waals surface area contributed by atoms with Gasteiger partial charge < -0.3 is 17.2 Å². The summed E-state index contributed by atoms with van der Waals surface area (Å²) in [5, 5.41) is 0. The lowest BCUT2D eigenvalue weighted by molar-refractivity contribution is -0.126. The van der Waals surface area contributed by atoms with Gasteiger partial charge in [-0.25, -0.2) is 0 Å². The quantitative estimate of drug-likeness (QED) is 0.386. The number of amides is 1. The minimum absolute atomic E-state index is 0.124. The number of nitrogens with zero attached hydrogens (tertiary/aromatic N) is 1. The van der Waals surface area contributed by atoms with Crippen LogP contribution in [-0.2, 0) is 17.1 Å². The van der Waals surface area contributed by atoms with Gasteiger partial charge >= 0.3 is 8.80 Å². The Kier molecular flexibility index (Phi) is 8.75. The molecule has 0 aliphatic rings. The van der Waals surface area contributed by atoms with Crippen molar-refractivity contribution in [2.24, 2.45) is 0 Å². The Bertz CT molecular complexity index is 425. The largest absolute Gasteiger partial charge is 0.493 e. The van der Waals surface area contributed by atoms with Crippen molar-refractivity contribution in [2.45, 2.75) is 77.9 Å². The molecule has 1 atom stereocenters. The molecule has 0 heterocycles. The number of carbonyl (C=O) groups excluding carboxylic acids is 1. The Hall–Kier alpha value is -0.0425. The average Bonchev–Trinajstić information content (AvgIpc) is 2.31. The fourth-order valence-corrected chi connectivity index (χ4v) is 17.2. The summed E-state index contributed by atoms with van der Waals surface area (Å²) in [6, 6.07) is 0. The molecule has 0 rings (SSSR count). The Labute approximate surface area is 159 Å². The molecular formula is C16H39NO4Si4. The Morgan fingerprint density at radius 3 is 1.44 bits per heavy atom. The zero-order valence-corrected chi connectivity index (χ0v) is 22.1. The molecule has 5 nitrogen and oxygen atoms in total. The standard InChI is InChI=1S/C16H39NO4Si4/c1-13-15(18)17(3)16(14-2)25(19-22(4,5)6,20-23(7,8)9)21-24(10,11)12/h13,16H,1,14H2,2-12H3. The van der Waals surface area contributed by atoms with Gasteiger partial charge in [-0.3, -0.25) is 4.79 Å². The van der Waals surface area contributed by atoms with Crippen molar-refractivity contribution < 1.29 is 17.1 Å². The van der Waals surface area contributed by atoms with Gasteiger partial charge in [0.15, 0.2) is 25.0 Å². The molecule has 0 N–H and O–H groups in total. The summed E-state index contributed by atoms with van der Waals surface area (Å²) < 4.78 is 20.2. The van der Waals surface area contributed by atoms with E-state index >= 15 is 0 Å². The first-order valence-electron chi connectivity index (χ1n) is 8.96. The summed E-state index contributed by atoms with van der Waals surface area (Å²) in [5.74, 6) is -0.124. The van der Waals surface area contributed by atoms with Crippen molar-refractivity contribution in [1.82, 2.24) is 4.90 Å². The van der Waals surface area contributed by atoms with Crippen LogP contribution in [0.25, 0.3) is 0 Å². The normalized spacial score (nSPS) is 15.0. The third-order valence-electron chi connectivity index (χ3n) is 3.13. The van der Waals surface area contributed by atoms with Crippen LogP contribution in [0, 0.1) is 0 Å². The lowest BCUT2D eigenvalue weighted by Crippen LogP contribution is -2.70. The van der Waals surface area contributed by atoms with Crippen LogP contribution in [0.3, 0.4) is 0 Å². The molecule has 1 amide bonds. The highest BCUT2D eigenvalue weighted by atomic mass is 28.5. The van der Waals surface area contributed by atoms with E-state index in [9.17, 15) is 4.79 Å². The third kappa shape index (κ3) is 8.93. The Morgan fingerprint density at radius 2 is 1.24 bits per heavy atom. The SMILES string of the molecule is C=CC(=O)N(C)C(CC)[Si](O[Si](C)(C)C)(O[Si](C)(C)C)O[Si](C)(C)C. The van der Waals surface area contributed by atoms with Crippen molar-refractivity contribution in [3.8, 4) is 0 Å². The predicted molar refractivity (Wildman–Crippen MR) is 116 cm³/mol. The highest BCUT2D eigenvalue weighted by molar-refractivity contribution is 6.90. The van der Waals surface area contributed by atoms with Gasteiger partial charge in [-0.15, -0.1) is 0 Å². The predicted octanol–water partition coefficient (Wildman–Crippen LogP) is 4.44. The lowest BCUT2D eigenvalue weighted by Gasteiger charge is -2.48. The summed E-state index contributed by atoms with van der Waals surface area (Å²) in [4.78, 5) is 14.1. The summed E-state index contributed by atoms with van der Waals surface area (Å²) in [7, 11) is -7.24. The van der Waals surface area contributed by atoms with E-state index in [4.69, 9.17) is 12.3 Å². The van der Waals surface area contributed by atoms with E-state index in [1.54, 1.807) is 11.9 Å². The molecule has 1 unspecified atom stereocenters. The first-order valence-corrected chi connectivity index (χ1v) is 21.0. The summed E-state index contributed by atoms with van der Waals surface area (Å²) >= 11 is 0.